The lowest BCUT2D eigenvalue weighted by molar-refractivity contribution is 0.0519. The highest BCUT2D eigenvalue weighted by Crippen LogP contribution is 2.49. The van der Waals surface area contributed by atoms with Gasteiger partial charge in [0.15, 0.2) is 0 Å². The summed E-state index contributed by atoms with van der Waals surface area (Å²) in [7, 11) is 0. The van der Waals surface area contributed by atoms with Crippen molar-refractivity contribution in [3.05, 3.63) is 0 Å². The zero-order valence-corrected chi connectivity index (χ0v) is 18.5. The van der Waals surface area contributed by atoms with Gasteiger partial charge in [0.25, 0.3) is 0 Å². The highest BCUT2D eigenvalue weighted by molar-refractivity contribution is 4.89. The molecule has 3 fully saturated rings. The maximum Gasteiger partial charge on any atom is 0.0431 e. The highest BCUT2D eigenvalue weighted by Gasteiger charge is 2.38. The van der Waals surface area contributed by atoms with Gasteiger partial charge in [0.05, 0.1) is 0 Å². The molecule has 0 saturated heterocycles. The first-order valence-corrected chi connectivity index (χ1v) is 12.9. The minimum atomic E-state index is 0.391. The van der Waals surface area contributed by atoms with Crippen LogP contribution >= 0.6 is 0 Å². The number of rotatable bonds is 8. The fourth-order valence-corrected chi connectivity index (χ4v) is 7.48. The number of hydrogen-bond acceptors (Lipinski definition) is 1. The molecule has 1 N–H and O–H groups in total. The molecule has 3 atom stereocenters. The number of hydrogen-bond donors (Lipinski definition) is 1. The predicted molar refractivity (Wildman–Crippen MR) is 117 cm³/mol. The maximum atomic E-state index is 9.09. The van der Waals surface area contributed by atoms with E-state index in [0.29, 0.717) is 6.61 Å². The van der Waals surface area contributed by atoms with Crippen LogP contribution in [0.15, 0.2) is 0 Å². The molecule has 0 radical (unpaired) electrons. The minimum absolute atomic E-state index is 0.391. The van der Waals surface area contributed by atoms with Gasteiger partial charge in [-0.05, 0) is 99.2 Å². The fourth-order valence-electron chi connectivity index (χ4n) is 7.48. The maximum absolute atomic E-state index is 9.09. The minimum Gasteiger partial charge on any atom is -0.396 e. The van der Waals surface area contributed by atoms with Crippen LogP contribution in [-0.4, -0.2) is 11.7 Å². The first-order chi connectivity index (χ1) is 13.2. The van der Waals surface area contributed by atoms with Gasteiger partial charge in [0.1, 0.15) is 0 Å². The summed E-state index contributed by atoms with van der Waals surface area (Å²) in [5.74, 6) is 7.21. The first kappa shape index (κ1) is 21.7. The second kappa shape index (κ2) is 11.2. The summed E-state index contributed by atoms with van der Waals surface area (Å²) in [5.41, 5.74) is 0. The lowest BCUT2D eigenvalue weighted by atomic mass is 9.60. The van der Waals surface area contributed by atoms with Gasteiger partial charge < -0.3 is 5.11 Å². The van der Waals surface area contributed by atoms with Crippen LogP contribution in [0.2, 0.25) is 0 Å². The second-order valence-corrected chi connectivity index (χ2v) is 10.6. The zero-order valence-electron chi connectivity index (χ0n) is 18.5. The molecule has 158 valence electrons. The second-order valence-electron chi connectivity index (χ2n) is 10.6. The van der Waals surface area contributed by atoms with Crippen LogP contribution < -0.4 is 0 Å². The molecule has 3 aliphatic rings. The SMILES string of the molecule is CCCC1CCC(C2CCC(C3CCC(CCCO)CC3)C(CC)C2)CC1. The third kappa shape index (κ3) is 5.97. The Hall–Kier alpha value is -0.0400. The molecular formula is C26H48O. The lowest BCUT2D eigenvalue weighted by Crippen LogP contribution is -2.35. The Labute approximate surface area is 170 Å². The van der Waals surface area contributed by atoms with E-state index in [1.165, 1.54) is 64.2 Å². The smallest absolute Gasteiger partial charge is 0.0431 e. The molecule has 0 bridgehead atoms. The molecule has 0 heterocycles. The Kier molecular flexibility index (Phi) is 9.01. The molecule has 3 unspecified atom stereocenters. The zero-order chi connectivity index (χ0) is 19.1. The Bertz CT molecular complexity index is 389. The van der Waals surface area contributed by atoms with Crippen molar-refractivity contribution in [3.8, 4) is 0 Å². The van der Waals surface area contributed by atoms with Crippen molar-refractivity contribution < 1.29 is 5.11 Å². The Morgan fingerprint density at radius 2 is 1.26 bits per heavy atom. The molecule has 0 amide bonds. The molecule has 1 nitrogen and oxygen atoms in total. The third-order valence-electron chi connectivity index (χ3n) is 9.13. The van der Waals surface area contributed by atoms with Crippen LogP contribution in [-0.2, 0) is 0 Å². The average molecular weight is 377 g/mol. The molecular weight excluding hydrogens is 328 g/mol. The van der Waals surface area contributed by atoms with E-state index in [-0.39, 0.29) is 0 Å². The van der Waals surface area contributed by atoms with Gasteiger partial charge in [-0.25, -0.2) is 0 Å². The summed E-state index contributed by atoms with van der Waals surface area (Å²) < 4.78 is 0. The van der Waals surface area contributed by atoms with E-state index < -0.39 is 0 Å². The van der Waals surface area contributed by atoms with Crippen LogP contribution in [0.25, 0.3) is 0 Å². The van der Waals surface area contributed by atoms with Gasteiger partial charge in [0.2, 0.25) is 0 Å². The predicted octanol–water partition coefficient (Wildman–Crippen LogP) is 7.61. The van der Waals surface area contributed by atoms with E-state index in [1.54, 1.807) is 32.1 Å². The Morgan fingerprint density at radius 3 is 1.85 bits per heavy atom. The molecule has 3 rings (SSSR count). The van der Waals surface area contributed by atoms with Gasteiger partial charge in [-0.1, -0.05) is 58.8 Å². The number of aliphatic hydroxyl groups is 1. The van der Waals surface area contributed by atoms with Crippen LogP contribution in [0, 0.1) is 41.4 Å². The Balaban J connectivity index is 1.45. The first-order valence-electron chi connectivity index (χ1n) is 12.9. The molecule has 1 heteroatoms. The van der Waals surface area contributed by atoms with Crippen molar-refractivity contribution in [1.29, 1.82) is 0 Å². The molecule has 0 aromatic heterocycles. The monoisotopic (exact) mass is 376 g/mol. The van der Waals surface area contributed by atoms with Crippen molar-refractivity contribution in [2.45, 2.75) is 117 Å². The van der Waals surface area contributed by atoms with Crippen molar-refractivity contribution in [2.24, 2.45) is 41.4 Å². The number of aliphatic hydroxyl groups excluding tert-OH is 1. The highest BCUT2D eigenvalue weighted by atomic mass is 16.2. The summed E-state index contributed by atoms with van der Waals surface area (Å²) >= 11 is 0. The van der Waals surface area contributed by atoms with E-state index in [9.17, 15) is 0 Å². The van der Waals surface area contributed by atoms with Crippen molar-refractivity contribution in [3.63, 3.8) is 0 Å². The van der Waals surface area contributed by atoms with Crippen molar-refractivity contribution >= 4 is 0 Å². The summed E-state index contributed by atoms with van der Waals surface area (Å²) in [6.07, 6.45) is 23.3. The summed E-state index contributed by atoms with van der Waals surface area (Å²) in [4.78, 5) is 0. The molecule has 0 spiro atoms. The van der Waals surface area contributed by atoms with Gasteiger partial charge in [0, 0.05) is 6.61 Å². The topological polar surface area (TPSA) is 20.2 Å². The standard InChI is InChI=1S/C26H48O/c1-3-6-20-8-12-23(13-9-20)25-16-17-26(22(4-2)19-25)24-14-10-21(11-15-24)7-5-18-27/h20-27H,3-19H2,1-2H3. The van der Waals surface area contributed by atoms with E-state index in [2.05, 4.69) is 13.8 Å². The lowest BCUT2D eigenvalue weighted by Gasteiger charge is -2.45. The van der Waals surface area contributed by atoms with Crippen LogP contribution in [0.3, 0.4) is 0 Å². The Morgan fingerprint density at radius 1 is 0.667 bits per heavy atom. The van der Waals surface area contributed by atoms with Gasteiger partial charge >= 0.3 is 0 Å². The fraction of sp³-hybridized carbons (Fsp3) is 1.00. The van der Waals surface area contributed by atoms with Gasteiger partial charge in [-0.15, -0.1) is 0 Å². The van der Waals surface area contributed by atoms with Gasteiger partial charge in [-0.3, -0.25) is 0 Å². The molecule has 3 saturated carbocycles. The van der Waals surface area contributed by atoms with E-state index >= 15 is 0 Å². The summed E-state index contributed by atoms with van der Waals surface area (Å²) in [6.45, 7) is 5.23. The van der Waals surface area contributed by atoms with E-state index in [1.807, 2.05) is 0 Å². The van der Waals surface area contributed by atoms with Crippen molar-refractivity contribution in [1.82, 2.24) is 0 Å². The molecule has 0 aromatic carbocycles. The van der Waals surface area contributed by atoms with Gasteiger partial charge in [-0.2, -0.15) is 0 Å². The van der Waals surface area contributed by atoms with Crippen molar-refractivity contribution in [2.75, 3.05) is 6.61 Å². The van der Waals surface area contributed by atoms with Crippen LogP contribution in [0.5, 0.6) is 0 Å². The summed E-state index contributed by atoms with van der Waals surface area (Å²) in [5, 5.41) is 9.09. The van der Waals surface area contributed by atoms with E-state index in [4.69, 9.17) is 5.11 Å². The average Bonchev–Trinajstić information content (AvgIpc) is 2.73. The largest absolute Gasteiger partial charge is 0.396 e. The molecule has 27 heavy (non-hydrogen) atoms. The molecule has 0 aromatic rings. The van der Waals surface area contributed by atoms with Crippen LogP contribution in [0.4, 0.5) is 0 Å². The molecule has 0 aliphatic heterocycles. The van der Waals surface area contributed by atoms with E-state index in [0.717, 1.165) is 47.8 Å². The quantitative estimate of drug-likeness (QED) is 0.462. The molecule has 3 aliphatic carbocycles. The third-order valence-corrected chi connectivity index (χ3v) is 9.13. The normalized spacial score (nSPS) is 40.8. The summed E-state index contributed by atoms with van der Waals surface area (Å²) in [6, 6.07) is 0. The van der Waals surface area contributed by atoms with Crippen LogP contribution in [0.1, 0.15) is 117 Å².